The first-order chi connectivity index (χ1) is 10.9. The molecule has 9 nitrogen and oxygen atoms in total. The summed E-state index contributed by atoms with van der Waals surface area (Å²) in [5.41, 5.74) is -3.62. The summed E-state index contributed by atoms with van der Waals surface area (Å²) in [4.78, 5) is 35.5. The zero-order valence-electron chi connectivity index (χ0n) is 11.9. The van der Waals surface area contributed by atoms with E-state index >= 15 is 0 Å². The number of carbonyl (C=O) groups excluding carboxylic acids is 1. The Labute approximate surface area is 130 Å². The number of nitrogens with zero attached hydrogens (tertiary/aromatic N) is 2. The Bertz CT molecular complexity index is 759. The van der Waals surface area contributed by atoms with Crippen molar-refractivity contribution in [3.63, 3.8) is 0 Å². The monoisotopic (exact) mass is 319 g/mol. The van der Waals surface area contributed by atoms with Crippen LogP contribution in [0.5, 0.6) is 0 Å². The first-order valence-electron chi connectivity index (χ1n) is 6.89. The van der Waals surface area contributed by atoms with Crippen molar-refractivity contribution >= 4 is 11.8 Å². The van der Waals surface area contributed by atoms with Crippen LogP contribution in [-0.2, 0) is 10.5 Å². The highest BCUT2D eigenvalue weighted by Crippen LogP contribution is 2.41. The lowest BCUT2D eigenvalue weighted by atomic mass is 9.93. The molecule has 2 aliphatic heterocycles. The predicted octanol–water partition coefficient (Wildman–Crippen LogP) is -0.146. The number of aliphatic hydroxyl groups is 1. The minimum atomic E-state index is -2.40. The third-order valence-corrected chi connectivity index (χ3v) is 3.98. The Morgan fingerprint density at radius 3 is 2.74 bits per heavy atom. The van der Waals surface area contributed by atoms with Gasteiger partial charge < -0.3 is 20.4 Å². The van der Waals surface area contributed by atoms with Crippen LogP contribution < -0.4 is 5.32 Å². The van der Waals surface area contributed by atoms with Crippen molar-refractivity contribution in [2.45, 2.75) is 12.1 Å². The molecule has 9 heteroatoms. The summed E-state index contributed by atoms with van der Waals surface area (Å²) < 4.78 is 0. The van der Waals surface area contributed by atoms with E-state index in [0.717, 1.165) is 0 Å². The second kappa shape index (κ2) is 5.06. The van der Waals surface area contributed by atoms with E-state index in [9.17, 15) is 29.9 Å². The smallest absolute Gasteiger partial charge is 0.357 e. The molecular weight excluding hydrogens is 306 g/mol. The zero-order valence-corrected chi connectivity index (χ0v) is 11.9. The highest BCUT2D eigenvalue weighted by molar-refractivity contribution is 6.05. The minimum absolute atomic E-state index is 0.0751. The van der Waals surface area contributed by atoms with E-state index in [2.05, 4.69) is 5.32 Å². The van der Waals surface area contributed by atoms with Crippen LogP contribution in [0.25, 0.3) is 0 Å². The van der Waals surface area contributed by atoms with Gasteiger partial charge in [-0.3, -0.25) is 14.9 Å². The topological polar surface area (TPSA) is 133 Å². The van der Waals surface area contributed by atoms with E-state index < -0.39 is 28.1 Å². The molecule has 1 fully saturated rings. The van der Waals surface area contributed by atoms with Crippen LogP contribution in [-0.4, -0.2) is 44.9 Å². The fourth-order valence-electron chi connectivity index (χ4n) is 2.99. The van der Waals surface area contributed by atoms with Crippen molar-refractivity contribution in [1.82, 2.24) is 10.2 Å². The lowest BCUT2D eigenvalue weighted by Gasteiger charge is -2.38. The summed E-state index contributed by atoms with van der Waals surface area (Å²) >= 11 is 0. The highest BCUT2D eigenvalue weighted by Gasteiger charge is 2.60. The van der Waals surface area contributed by atoms with Crippen molar-refractivity contribution in [2.24, 2.45) is 0 Å². The second-order valence-electron chi connectivity index (χ2n) is 5.24. The number of carboxylic acids is 1. The van der Waals surface area contributed by atoms with Gasteiger partial charge in [-0.1, -0.05) is 18.2 Å². The number of ketones is 1. The third kappa shape index (κ3) is 1.97. The molecule has 120 valence electrons. The van der Waals surface area contributed by atoms with E-state index in [1.54, 1.807) is 0 Å². The summed E-state index contributed by atoms with van der Waals surface area (Å²) in [6.07, 6.45) is 0.541. The van der Waals surface area contributed by atoms with E-state index in [0.29, 0.717) is 13.0 Å². The number of rotatable bonds is 3. The Morgan fingerprint density at radius 2 is 2.09 bits per heavy atom. The molecule has 0 aliphatic carbocycles. The number of fused-ring (bicyclic) bond motifs is 1. The highest BCUT2D eigenvalue weighted by atomic mass is 16.6. The SMILES string of the molecule is O=C(O)c1ccccc1C1(O)C(=O)C([N+](=O)[O-])=C2NCCCN21. The molecule has 1 unspecified atom stereocenters. The Morgan fingerprint density at radius 1 is 1.39 bits per heavy atom. The Kier molecular flexibility index (Phi) is 3.29. The Hall–Kier alpha value is -2.94. The number of carboxylic acid groups (broad SMARTS) is 1. The number of nitro groups is 1. The molecule has 0 bridgehead atoms. The van der Waals surface area contributed by atoms with Crippen LogP contribution in [0.2, 0.25) is 0 Å². The first kappa shape index (κ1) is 15.0. The average Bonchev–Trinajstić information content (AvgIpc) is 2.77. The van der Waals surface area contributed by atoms with Gasteiger partial charge in [0.1, 0.15) is 0 Å². The lowest BCUT2D eigenvalue weighted by molar-refractivity contribution is -0.420. The van der Waals surface area contributed by atoms with Crippen LogP contribution in [0.1, 0.15) is 22.3 Å². The summed E-state index contributed by atoms with van der Waals surface area (Å²) in [5, 5.41) is 34.3. The molecule has 3 N–H and O–H groups in total. The van der Waals surface area contributed by atoms with Gasteiger partial charge in [0.25, 0.3) is 5.78 Å². The molecule has 1 atom stereocenters. The standard InChI is InChI=1S/C14H13N3O6/c18-11-10(17(22)23)12-15-6-3-7-16(12)14(11,21)9-5-2-1-4-8(9)13(19)20/h1-2,4-5,15,21H,3,6-7H2,(H,19,20). The minimum Gasteiger partial charge on any atom is -0.478 e. The summed E-state index contributed by atoms with van der Waals surface area (Å²) in [5.74, 6) is -2.54. The van der Waals surface area contributed by atoms with Crippen LogP contribution in [0.3, 0.4) is 0 Å². The number of aromatic carboxylic acids is 1. The van der Waals surface area contributed by atoms with Crippen molar-refractivity contribution in [1.29, 1.82) is 0 Å². The predicted molar refractivity (Wildman–Crippen MR) is 75.7 cm³/mol. The number of nitrogens with one attached hydrogen (secondary N) is 1. The van der Waals surface area contributed by atoms with Crippen molar-refractivity contribution in [3.05, 3.63) is 57.0 Å². The van der Waals surface area contributed by atoms with Crippen LogP contribution in [0.4, 0.5) is 0 Å². The summed E-state index contributed by atoms with van der Waals surface area (Å²) in [7, 11) is 0. The molecule has 2 aliphatic rings. The normalized spacial score (nSPS) is 23.5. The average molecular weight is 319 g/mol. The molecule has 0 radical (unpaired) electrons. The molecule has 2 heterocycles. The molecule has 0 aromatic heterocycles. The largest absolute Gasteiger partial charge is 0.478 e. The summed E-state index contributed by atoms with van der Waals surface area (Å²) in [6.45, 7) is 0.614. The maximum absolute atomic E-state index is 12.6. The quantitative estimate of drug-likeness (QED) is 0.517. The van der Waals surface area contributed by atoms with Crippen LogP contribution >= 0.6 is 0 Å². The van der Waals surface area contributed by atoms with Gasteiger partial charge >= 0.3 is 11.7 Å². The molecule has 0 amide bonds. The third-order valence-electron chi connectivity index (χ3n) is 3.98. The van der Waals surface area contributed by atoms with E-state index in [1.165, 1.54) is 29.2 Å². The van der Waals surface area contributed by atoms with Gasteiger partial charge in [0, 0.05) is 18.7 Å². The van der Waals surface area contributed by atoms with Gasteiger partial charge in [0.05, 0.1) is 10.5 Å². The van der Waals surface area contributed by atoms with E-state index in [4.69, 9.17) is 0 Å². The molecule has 3 rings (SSSR count). The van der Waals surface area contributed by atoms with Crippen molar-refractivity contribution < 1.29 is 24.7 Å². The van der Waals surface area contributed by atoms with Gasteiger partial charge in [-0.25, -0.2) is 4.79 Å². The maximum atomic E-state index is 12.6. The van der Waals surface area contributed by atoms with Crippen molar-refractivity contribution in [3.8, 4) is 0 Å². The molecule has 0 spiro atoms. The van der Waals surface area contributed by atoms with Gasteiger partial charge in [-0.15, -0.1) is 0 Å². The lowest BCUT2D eigenvalue weighted by Crippen LogP contribution is -2.52. The van der Waals surface area contributed by atoms with Crippen molar-refractivity contribution in [2.75, 3.05) is 13.1 Å². The maximum Gasteiger partial charge on any atom is 0.357 e. The molecule has 1 aromatic rings. The van der Waals surface area contributed by atoms with Gasteiger partial charge in [-0.05, 0) is 12.5 Å². The molecule has 0 saturated carbocycles. The number of hydrogen-bond donors (Lipinski definition) is 3. The number of hydrogen-bond acceptors (Lipinski definition) is 7. The number of benzene rings is 1. The molecule has 1 saturated heterocycles. The summed E-state index contributed by atoms with van der Waals surface area (Å²) in [6, 6.07) is 5.45. The van der Waals surface area contributed by atoms with Crippen LogP contribution in [0.15, 0.2) is 35.8 Å². The van der Waals surface area contributed by atoms with Crippen LogP contribution in [0, 0.1) is 10.1 Å². The fourth-order valence-corrected chi connectivity index (χ4v) is 2.99. The molecule has 1 aromatic carbocycles. The zero-order chi connectivity index (χ0) is 16.8. The Balaban J connectivity index is 2.22. The molecule has 23 heavy (non-hydrogen) atoms. The van der Waals surface area contributed by atoms with Gasteiger partial charge in [0.2, 0.25) is 5.72 Å². The van der Waals surface area contributed by atoms with Gasteiger partial charge in [0.15, 0.2) is 5.82 Å². The second-order valence-corrected chi connectivity index (χ2v) is 5.24. The van der Waals surface area contributed by atoms with Gasteiger partial charge in [-0.2, -0.15) is 0 Å². The first-order valence-corrected chi connectivity index (χ1v) is 6.89. The van der Waals surface area contributed by atoms with E-state index in [-0.39, 0.29) is 23.5 Å². The molecular formula is C14H13N3O6. The number of Topliss-reactive ketones (excluding diaryl/α,β-unsaturated/α-hetero) is 1. The van der Waals surface area contributed by atoms with E-state index in [1.807, 2.05) is 0 Å². The fraction of sp³-hybridized carbons (Fsp3) is 0.286. The number of carbonyl (C=O) groups is 2.